The Balaban J connectivity index is 1.22. The lowest BCUT2D eigenvalue weighted by Gasteiger charge is -2.50. The Labute approximate surface area is 276 Å². The number of carboxylic acid groups (broad SMARTS) is 1. The summed E-state index contributed by atoms with van der Waals surface area (Å²) < 4.78 is 0. The van der Waals surface area contributed by atoms with Gasteiger partial charge in [0.25, 0.3) is 11.8 Å². The number of carbonyl (C=O) groups is 5. The molecular weight excluding hydrogens is 649 g/mol. The van der Waals surface area contributed by atoms with E-state index < -0.39 is 41.0 Å². The highest BCUT2D eigenvalue weighted by atomic mass is 32.2. The summed E-state index contributed by atoms with van der Waals surface area (Å²) >= 11 is 2.59. The second-order valence-electron chi connectivity index (χ2n) is 11.5. The van der Waals surface area contributed by atoms with Crippen molar-refractivity contribution >= 4 is 64.0 Å². The molecule has 0 radical (unpaired) electrons. The van der Waals surface area contributed by atoms with Gasteiger partial charge in [-0.2, -0.15) is 0 Å². The molecule has 3 unspecified atom stereocenters. The highest BCUT2D eigenvalue weighted by Gasteiger charge is 2.55. The molecule has 0 bridgehead atoms. The average Bonchev–Trinajstić information content (AvgIpc) is 3.81. The summed E-state index contributed by atoms with van der Waals surface area (Å²) in [6.07, 6.45) is 6.35. The summed E-state index contributed by atoms with van der Waals surface area (Å²) in [5, 5.41) is 21.3. The van der Waals surface area contributed by atoms with Crippen molar-refractivity contribution in [1.29, 1.82) is 0 Å². The van der Waals surface area contributed by atoms with Crippen molar-refractivity contribution in [3.63, 3.8) is 0 Å². The van der Waals surface area contributed by atoms with Crippen LogP contribution in [0.25, 0.3) is 0 Å². The van der Waals surface area contributed by atoms with Crippen molar-refractivity contribution in [1.82, 2.24) is 25.5 Å². The van der Waals surface area contributed by atoms with Crippen LogP contribution in [-0.4, -0.2) is 85.6 Å². The van der Waals surface area contributed by atoms with E-state index in [0.717, 1.165) is 36.1 Å². The number of rotatable bonds is 11. The molecule has 47 heavy (non-hydrogen) atoms. The maximum Gasteiger partial charge on any atom is 0.352 e. The number of thioether (sulfide) groups is 1. The number of amides is 4. The fraction of sp³-hybridized carbons (Fsp3) is 0.400. The SMILES string of the molecule is NC(=O)CC(C(=C1CCNC1=O)C1=C(C(=O)O)N2C(=O)[C@@H](NC(=O)C=NOC3CCCC3c3csc(N)n3)[C@H]2SC1)c1ccncc1. The first kappa shape index (κ1) is 32.2. The molecule has 7 N–H and O–H groups in total. The number of fused-ring (bicyclic) bond motifs is 1. The maximum atomic E-state index is 13.4. The number of pyridine rings is 1. The number of nitrogens with two attached hydrogens (primary N) is 2. The van der Waals surface area contributed by atoms with Crippen molar-refractivity contribution in [2.75, 3.05) is 18.0 Å². The van der Waals surface area contributed by atoms with Crippen LogP contribution in [0.3, 0.4) is 0 Å². The molecule has 0 aromatic carbocycles. The Morgan fingerprint density at radius 3 is 2.70 bits per heavy atom. The minimum atomic E-state index is -1.38. The molecular formula is C30H32N8O7S2. The second-order valence-corrected chi connectivity index (χ2v) is 13.5. The fourth-order valence-corrected chi connectivity index (χ4v) is 8.59. The molecule has 3 aliphatic heterocycles. The van der Waals surface area contributed by atoms with Gasteiger partial charge in [-0.15, -0.1) is 23.1 Å². The van der Waals surface area contributed by atoms with Crippen molar-refractivity contribution in [3.05, 3.63) is 63.6 Å². The molecule has 1 aliphatic carbocycles. The zero-order valence-corrected chi connectivity index (χ0v) is 26.6. The topological polar surface area (TPSA) is 232 Å². The first-order valence-corrected chi connectivity index (χ1v) is 16.9. The van der Waals surface area contributed by atoms with Crippen LogP contribution in [0.2, 0.25) is 0 Å². The van der Waals surface area contributed by atoms with Crippen molar-refractivity contribution in [2.24, 2.45) is 10.9 Å². The van der Waals surface area contributed by atoms with Crippen LogP contribution in [0.5, 0.6) is 0 Å². The zero-order valence-electron chi connectivity index (χ0n) is 25.0. The number of carbonyl (C=O) groups excluding carboxylic acids is 4. The Kier molecular flexibility index (Phi) is 9.26. The van der Waals surface area contributed by atoms with Crippen LogP contribution in [0, 0.1) is 0 Å². The smallest absolute Gasteiger partial charge is 0.352 e. The minimum absolute atomic E-state index is 0.0101. The van der Waals surface area contributed by atoms with E-state index in [1.165, 1.54) is 35.5 Å². The molecule has 15 nitrogen and oxygen atoms in total. The Morgan fingerprint density at radius 1 is 1.26 bits per heavy atom. The predicted molar refractivity (Wildman–Crippen MR) is 172 cm³/mol. The van der Waals surface area contributed by atoms with Gasteiger partial charge < -0.3 is 32.0 Å². The van der Waals surface area contributed by atoms with Gasteiger partial charge in [0.2, 0.25) is 11.8 Å². The van der Waals surface area contributed by atoms with E-state index in [0.29, 0.717) is 34.8 Å². The van der Waals surface area contributed by atoms with Crippen molar-refractivity contribution in [2.45, 2.75) is 61.5 Å². The first-order chi connectivity index (χ1) is 22.6. The molecule has 5 heterocycles. The fourth-order valence-electron chi connectivity index (χ4n) is 6.60. The number of nitrogens with one attached hydrogen (secondary N) is 2. The maximum absolute atomic E-state index is 13.4. The van der Waals surface area contributed by atoms with Gasteiger partial charge in [-0.25, -0.2) is 9.78 Å². The Morgan fingerprint density at radius 2 is 2.04 bits per heavy atom. The average molecular weight is 681 g/mol. The third-order valence-electron chi connectivity index (χ3n) is 8.65. The highest BCUT2D eigenvalue weighted by Crippen LogP contribution is 2.47. The van der Waals surface area contributed by atoms with Gasteiger partial charge >= 0.3 is 5.97 Å². The summed E-state index contributed by atoms with van der Waals surface area (Å²) in [6.45, 7) is 0.339. The quantitative estimate of drug-likeness (QED) is 0.0971. The summed E-state index contributed by atoms with van der Waals surface area (Å²) in [6, 6.07) is 2.34. The molecule has 0 spiro atoms. The number of carboxylic acids is 1. The van der Waals surface area contributed by atoms with Crippen molar-refractivity contribution < 1.29 is 33.9 Å². The van der Waals surface area contributed by atoms with Gasteiger partial charge in [0.05, 0.1) is 5.69 Å². The van der Waals surface area contributed by atoms with E-state index in [-0.39, 0.29) is 41.4 Å². The number of hydrogen-bond donors (Lipinski definition) is 5. The molecule has 6 rings (SSSR count). The number of anilines is 1. The van der Waals surface area contributed by atoms with E-state index in [1.54, 1.807) is 12.1 Å². The molecule has 4 amide bonds. The number of nitrogens with zero attached hydrogens (tertiary/aromatic N) is 4. The van der Waals surface area contributed by atoms with Gasteiger partial charge in [0.15, 0.2) is 5.13 Å². The highest BCUT2D eigenvalue weighted by molar-refractivity contribution is 8.00. The number of nitrogen functional groups attached to an aromatic ring is 1. The lowest BCUT2D eigenvalue weighted by molar-refractivity contribution is -0.150. The molecule has 1 saturated carbocycles. The number of thiazole rings is 1. The lowest BCUT2D eigenvalue weighted by atomic mass is 9.80. The molecule has 4 aliphatic rings. The van der Waals surface area contributed by atoms with E-state index in [1.807, 2.05) is 5.38 Å². The molecule has 5 atom stereocenters. The third-order valence-corrected chi connectivity index (χ3v) is 10.6. The number of aliphatic carboxylic acids is 1. The van der Waals surface area contributed by atoms with E-state index in [2.05, 4.69) is 25.8 Å². The normalized spacial score (nSPS) is 25.7. The van der Waals surface area contributed by atoms with Crippen LogP contribution in [0.1, 0.15) is 55.2 Å². The third kappa shape index (κ3) is 6.44. The standard InChI is InChI=1S/C30H32N8O7S2/c31-21(39)10-17(14-4-7-33-8-5-14)23(16-6-9-34-26(16)41)18-12-46-28-24(27(42)38(28)25(18)29(43)44)37-22(40)11-35-45-20-3-1-2-15(20)19-13-47-30(32)36-19/h4-5,7-8,11,13,15,17,20,24,28H,1-3,6,9-10,12H2,(H2,31,39)(H2,32,36)(H,34,41)(H,37,40)(H,43,44)/t15?,17?,20?,24-,28-/m1/s1. The minimum Gasteiger partial charge on any atom is -0.477 e. The van der Waals surface area contributed by atoms with Gasteiger partial charge in [0, 0.05) is 53.9 Å². The molecule has 2 aromatic heterocycles. The zero-order chi connectivity index (χ0) is 33.2. The number of allylic oxidation sites excluding steroid dienone is 1. The van der Waals surface area contributed by atoms with E-state index in [9.17, 15) is 29.1 Å². The van der Waals surface area contributed by atoms with Crippen molar-refractivity contribution in [3.8, 4) is 0 Å². The van der Waals surface area contributed by atoms with Gasteiger partial charge in [-0.05, 0) is 54.5 Å². The molecule has 2 saturated heterocycles. The number of oxime groups is 1. The Hall–Kier alpha value is -4.77. The molecule has 17 heteroatoms. The van der Waals surface area contributed by atoms with Crippen LogP contribution in [0.4, 0.5) is 5.13 Å². The van der Waals surface area contributed by atoms with Crippen LogP contribution in [0.15, 0.2) is 57.5 Å². The van der Waals surface area contributed by atoms with Gasteiger partial charge in [-0.1, -0.05) is 5.16 Å². The first-order valence-electron chi connectivity index (χ1n) is 15.0. The Bertz CT molecular complexity index is 1710. The number of β-lactam (4-membered cyclic amide) rings is 1. The van der Waals surface area contributed by atoms with E-state index in [4.69, 9.17) is 16.3 Å². The summed E-state index contributed by atoms with van der Waals surface area (Å²) in [4.78, 5) is 79.3. The number of aromatic nitrogens is 2. The van der Waals surface area contributed by atoms with Gasteiger partial charge in [0.1, 0.15) is 29.4 Å². The van der Waals surface area contributed by atoms with Crippen LogP contribution < -0.4 is 22.1 Å². The lowest BCUT2D eigenvalue weighted by Crippen LogP contribution is -2.70. The molecule has 2 aromatic rings. The summed E-state index contributed by atoms with van der Waals surface area (Å²) in [5.74, 6) is -4.37. The number of hydrogen-bond acceptors (Lipinski definition) is 12. The van der Waals surface area contributed by atoms with Gasteiger partial charge in [-0.3, -0.25) is 29.1 Å². The predicted octanol–water partition coefficient (Wildman–Crippen LogP) is 0.973. The summed E-state index contributed by atoms with van der Waals surface area (Å²) in [7, 11) is 0. The number of primary amides is 1. The summed E-state index contributed by atoms with van der Waals surface area (Å²) in [5.41, 5.74) is 13.5. The van der Waals surface area contributed by atoms with E-state index >= 15 is 0 Å². The monoisotopic (exact) mass is 680 g/mol. The molecule has 246 valence electrons. The molecule has 3 fully saturated rings. The van der Waals surface area contributed by atoms with Crippen LogP contribution in [-0.2, 0) is 28.8 Å². The second kappa shape index (κ2) is 13.5. The largest absolute Gasteiger partial charge is 0.477 e. The van der Waals surface area contributed by atoms with Crippen LogP contribution >= 0.6 is 23.1 Å².